The number of sulfonamides is 1. The molecule has 7 nitrogen and oxygen atoms in total. The summed E-state index contributed by atoms with van der Waals surface area (Å²) in [7, 11) is -0.656. The van der Waals surface area contributed by atoms with Crippen LogP contribution in [0.4, 0.5) is 0 Å². The summed E-state index contributed by atoms with van der Waals surface area (Å²) >= 11 is 0. The SMILES string of the molecule is COc1cccc(/C=N\N(C)C2=NS(=O)(=O)c3ccccc32)c1O. The van der Waals surface area contributed by atoms with E-state index in [0.717, 1.165) is 0 Å². The number of phenols is 1. The molecule has 1 heterocycles. The lowest BCUT2D eigenvalue weighted by Gasteiger charge is -2.12. The van der Waals surface area contributed by atoms with E-state index in [2.05, 4.69) is 9.50 Å². The number of para-hydroxylation sites is 1. The van der Waals surface area contributed by atoms with Crippen LogP contribution in [0.2, 0.25) is 0 Å². The van der Waals surface area contributed by atoms with E-state index in [1.165, 1.54) is 24.4 Å². The van der Waals surface area contributed by atoms with Crippen LogP contribution in [-0.2, 0) is 10.0 Å². The van der Waals surface area contributed by atoms with Gasteiger partial charge in [-0.3, -0.25) is 0 Å². The van der Waals surface area contributed by atoms with Crippen molar-refractivity contribution in [3.63, 3.8) is 0 Å². The minimum absolute atomic E-state index is 0.0430. The molecule has 1 aliphatic heterocycles. The number of fused-ring (bicyclic) bond motifs is 1. The third-order valence-corrected chi connectivity index (χ3v) is 4.86. The fraction of sp³-hybridized carbons (Fsp3) is 0.125. The maximum Gasteiger partial charge on any atom is 0.285 e. The van der Waals surface area contributed by atoms with Gasteiger partial charge in [0.15, 0.2) is 17.3 Å². The van der Waals surface area contributed by atoms with Gasteiger partial charge in [0, 0.05) is 18.2 Å². The van der Waals surface area contributed by atoms with E-state index < -0.39 is 10.0 Å². The van der Waals surface area contributed by atoms with Crippen LogP contribution in [0.15, 0.2) is 56.9 Å². The van der Waals surface area contributed by atoms with Crippen molar-refractivity contribution in [2.45, 2.75) is 4.90 Å². The Labute approximate surface area is 139 Å². The average molecular weight is 345 g/mol. The smallest absolute Gasteiger partial charge is 0.285 e. The summed E-state index contributed by atoms with van der Waals surface area (Å²) in [5, 5.41) is 15.6. The first-order valence-electron chi connectivity index (χ1n) is 7.02. The Morgan fingerprint density at radius 2 is 1.96 bits per heavy atom. The molecule has 0 fully saturated rings. The van der Waals surface area contributed by atoms with E-state index >= 15 is 0 Å². The first-order chi connectivity index (χ1) is 11.4. The lowest BCUT2D eigenvalue weighted by molar-refractivity contribution is 0.373. The number of methoxy groups -OCH3 is 1. The molecule has 0 saturated carbocycles. The minimum atomic E-state index is -3.70. The molecule has 0 atom stereocenters. The van der Waals surface area contributed by atoms with Crippen molar-refractivity contribution in [1.82, 2.24) is 5.01 Å². The van der Waals surface area contributed by atoms with Gasteiger partial charge in [-0.25, -0.2) is 5.01 Å². The van der Waals surface area contributed by atoms with Crippen molar-refractivity contribution in [3.8, 4) is 11.5 Å². The average Bonchev–Trinajstić information content (AvgIpc) is 2.86. The number of phenolic OH excluding ortho intramolecular Hbond substituents is 1. The number of aromatic hydroxyl groups is 1. The Bertz CT molecular complexity index is 952. The zero-order chi connectivity index (χ0) is 17.3. The molecule has 124 valence electrons. The zero-order valence-electron chi connectivity index (χ0n) is 13.0. The van der Waals surface area contributed by atoms with E-state index in [4.69, 9.17) is 4.74 Å². The summed E-state index contributed by atoms with van der Waals surface area (Å²) in [4.78, 5) is 0.159. The molecule has 8 heteroatoms. The highest BCUT2D eigenvalue weighted by atomic mass is 32.2. The van der Waals surface area contributed by atoms with Gasteiger partial charge in [-0.1, -0.05) is 18.2 Å². The molecule has 3 rings (SSSR count). The third kappa shape index (κ3) is 2.71. The molecule has 0 saturated heterocycles. The molecule has 1 aliphatic rings. The number of hydrazone groups is 1. The van der Waals surface area contributed by atoms with Crippen molar-refractivity contribution in [2.75, 3.05) is 14.2 Å². The molecule has 0 aromatic heterocycles. The summed E-state index contributed by atoms with van der Waals surface area (Å²) in [6.45, 7) is 0. The van der Waals surface area contributed by atoms with Crippen molar-refractivity contribution < 1.29 is 18.3 Å². The maximum atomic E-state index is 12.1. The Hall–Kier alpha value is -2.87. The van der Waals surface area contributed by atoms with Crippen LogP contribution in [0.3, 0.4) is 0 Å². The maximum absolute atomic E-state index is 12.1. The van der Waals surface area contributed by atoms with Gasteiger partial charge < -0.3 is 9.84 Å². The minimum Gasteiger partial charge on any atom is -0.504 e. The predicted molar refractivity (Wildman–Crippen MR) is 90.2 cm³/mol. The standard InChI is InChI=1S/C16H15N3O4S/c1-19(17-10-11-6-5-8-13(23-2)15(11)20)16-12-7-3-4-9-14(12)24(21,22)18-16/h3-10,20H,1-2H3/b17-10-. The van der Waals surface area contributed by atoms with E-state index in [9.17, 15) is 13.5 Å². The van der Waals surface area contributed by atoms with Crippen LogP contribution in [-0.4, -0.2) is 44.7 Å². The number of rotatable bonds is 3. The quantitative estimate of drug-likeness (QED) is 0.677. The van der Waals surface area contributed by atoms with Crippen LogP contribution < -0.4 is 4.74 Å². The first kappa shape index (κ1) is 16.0. The van der Waals surface area contributed by atoms with Gasteiger partial charge in [-0.15, -0.1) is 4.40 Å². The molecule has 0 amide bonds. The summed E-state index contributed by atoms with van der Waals surface area (Å²) in [5.74, 6) is 0.510. The normalized spacial score (nSPS) is 15.2. The molecule has 2 aromatic rings. The van der Waals surface area contributed by atoms with E-state index in [-0.39, 0.29) is 16.5 Å². The fourth-order valence-corrected chi connectivity index (χ4v) is 3.56. The monoisotopic (exact) mass is 345 g/mol. The Balaban J connectivity index is 1.93. The van der Waals surface area contributed by atoms with Gasteiger partial charge in [0.2, 0.25) is 0 Å². The zero-order valence-corrected chi connectivity index (χ0v) is 13.9. The van der Waals surface area contributed by atoms with Crippen molar-refractivity contribution in [3.05, 3.63) is 53.6 Å². The van der Waals surface area contributed by atoms with E-state index in [1.54, 1.807) is 43.4 Å². The van der Waals surface area contributed by atoms with Gasteiger partial charge >= 0.3 is 0 Å². The number of hydrogen-bond donors (Lipinski definition) is 1. The van der Waals surface area contributed by atoms with E-state index in [1.807, 2.05) is 0 Å². The van der Waals surface area contributed by atoms with Crippen LogP contribution in [0.25, 0.3) is 0 Å². The molecule has 0 bridgehead atoms. The van der Waals surface area contributed by atoms with Gasteiger partial charge in [0.25, 0.3) is 10.0 Å². The molecule has 0 radical (unpaired) electrons. The molecular formula is C16H15N3O4S. The topological polar surface area (TPSA) is 91.6 Å². The van der Waals surface area contributed by atoms with Crippen LogP contribution >= 0.6 is 0 Å². The third-order valence-electron chi connectivity index (χ3n) is 3.54. The van der Waals surface area contributed by atoms with Gasteiger partial charge in [0.1, 0.15) is 4.90 Å². The van der Waals surface area contributed by atoms with E-state index in [0.29, 0.717) is 16.9 Å². The van der Waals surface area contributed by atoms with Crippen LogP contribution in [0, 0.1) is 0 Å². The highest BCUT2D eigenvalue weighted by molar-refractivity contribution is 7.90. The second kappa shape index (κ2) is 5.97. The molecule has 1 N–H and O–H groups in total. The summed E-state index contributed by atoms with van der Waals surface area (Å²) in [6, 6.07) is 11.6. The second-order valence-electron chi connectivity index (χ2n) is 5.05. The molecule has 0 spiro atoms. The van der Waals surface area contributed by atoms with Crippen LogP contribution in [0.5, 0.6) is 11.5 Å². The highest BCUT2D eigenvalue weighted by Gasteiger charge is 2.30. The molecule has 2 aromatic carbocycles. The van der Waals surface area contributed by atoms with Crippen LogP contribution in [0.1, 0.15) is 11.1 Å². The number of ether oxygens (including phenoxy) is 1. The molecule has 0 aliphatic carbocycles. The van der Waals surface area contributed by atoms with Gasteiger partial charge in [-0.2, -0.15) is 13.5 Å². The molecule has 0 unspecified atom stereocenters. The number of hydrogen-bond acceptors (Lipinski definition) is 6. The second-order valence-corrected chi connectivity index (χ2v) is 6.62. The number of amidine groups is 1. The van der Waals surface area contributed by atoms with Gasteiger partial charge in [-0.05, 0) is 24.3 Å². The fourth-order valence-electron chi connectivity index (χ4n) is 2.33. The predicted octanol–water partition coefficient (Wildman–Crippen LogP) is 1.82. The van der Waals surface area contributed by atoms with Gasteiger partial charge in [0.05, 0.1) is 13.3 Å². The Morgan fingerprint density at radius 1 is 1.21 bits per heavy atom. The largest absolute Gasteiger partial charge is 0.504 e. The molecule has 24 heavy (non-hydrogen) atoms. The number of nitrogens with zero attached hydrogens (tertiary/aromatic N) is 3. The summed E-state index contributed by atoms with van der Waals surface area (Å²) < 4.78 is 32.9. The Kier molecular flexibility index (Phi) is 3.98. The first-order valence-corrected chi connectivity index (χ1v) is 8.46. The Morgan fingerprint density at radius 3 is 2.71 bits per heavy atom. The number of benzene rings is 2. The summed E-state index contributed by atoms with van der Waals surface area (Å²) in [5.41, 5.74) is 0.933. The van der Waals surface area contributed by atoms with Crippen molar-refractivity contribution >= 4 is 22.1 Å². The van der Waals surface area contributed by atoms with Crippen molar-refractivity contribution in [1.29, 1.82) is 0 Å². The summed E-state index contributed by atoms with van der Waals surface area (Å²) in [6.07, 6.45) is 1.41. The van der Waals surface area contributed by atoms with Crippen molar-refractivity contribution in [2.24, 2.45) is 9.50 Å². The highest BCUT2D eigenvalue weighted by Crippen LogP contribution is 2.29. The lowest BCUT2D eigenvalue weighted by Crippen LogP contribution is -2.21. The molecular weight excluding hydrogens is 330 g/mol. The lowest BCUT2D eigenvalue weighted by atomic mass is 10.2.